The number of amides is 3. The largest absolute Gasteiger partial charge is 0.479 e. The van der Waals surface area contributed by atoms with Crippen molar-refractivity contribution < 1.29 is 29.1 Å². The highest BCUT2D eigenvalue weighted by Gasteiger charge is 2.21. The molecule has 5 rings (SSSR count). The Kier molecular flexibility index (Phi) is 10.4. The minimum Gasteiger partial charge on any atom is -0.479 e. The summed E-state index contributed by atoms with van der Waals surface area (Å²) in [4.78, 5) is 43.3. The van der Waals surface area contributed by atoms with Crippen LogP contribution in [0.2, 0.25) is 0 Å². The summed E-state index contributed by atoms with van der Waals surface area (Å²) in [5.41, 5.74) is 4.31. The van der Waals surface area contributed by atoms with Gasteiger partial charge in [-0.3, -0.25) is 9.69 Å². The Morgan fingerprint density at radius 1 is 0.978 bits per heavy atom. The van der Waals surface area contributed by atoms with Crippen LogP contribution in [-0.2, 0) is 11.3 Å². The fourth-order valence-electron chi connectivity index (χ4n) is 5.47. The summed E-state index contributed by atoms with van der Waals surface area (Å²) < 4.78 is 5.44. The number of aliphatic hydroxyl groups is 1. The highest BCUT2D eigenvalue weighted by molar-refractivity contribution is 6.02. The minimum atomic E-state index is -1.69. The van der Waals surface area contributed by atoms with Crippen molar-refractivity contribution in [3.05, 3.63) is 95.3 Å². The van der Waals surface area contributed by atoms with Gasteiger partial charge in [-0.15, -0.1) is 0 Å². The number of rotatable bonds is 11. The molecule has 0 spiro atoms. The Hall–Kier alpha value is -5.03. The van der Waals surface area contributed by atoms with Gasteiger partial charge in [0, 0.05) is 28.4 Å². The van der Waals surface area contributed by atoms with E-state index >= 15 is 0 Å². The van der Waals surface area contributed by atoms with E-state index in [-0.39, 0.29) is 18.5 Å². The van der Waals surface area contributed by atoms with Crippen LogP contribution in [0.3, 0.4) is 0 Å². The lowest BCUT2D eigenvalue weighted by Crippen LogP contribution is -2.36. The maximum atomic E-state index is 13.9. The number of anilines is 2. The van der Waals surface area contributed by atoms with Gasteiger partial charge in [0.15, 0.2) is 11.9 Å². The number of carbonyl (C=O) groups excluding carboxylic acids is 2. The first-order valence-corrected chi connectivity index (χ1v) is 15.6. The van der Waals surface area contributed by atoms with Gasteiger partial charge in [0.25, 0.3) is 11.8 Å². The lowest BCUT2D eigenvalue weighted by atomic mass is 9.84. The number of aliphatic hydroxyl groups excluding tert-OH is 1. The maximum Gasteiger partial charge on any atom is 0.334 e. The molecule has 240 valence electrons. The fraction of sp³-hybridized carbons (Fsp3) is 0.343. The van der Waals surface area contributed by atoms with Crippen molar-refractivity contribution in [2.45, 2.75) is 70.4 Å². The van der Waals surface area contributed by atoms with Crippen molar-refractivity contribution >= 4 is 29.3 Å². The molecule has 1 aromatic heterocycles. The molecule has 1 atom stereocenters. The Balaban J connectivity index is 1.35. The number of nitrogens with zero attached hydrogens (tertiary/aromatic N) is 3. The maximum absolute atomic E-state index is 13.9. The number of nitrogens with one attached hydrogen (secondary N) is 2. The molecule has 1 aliphatic rings. The number of benzene rings is 3. The van der Waals surface area contributed by atoms with Crippen molar-refractivity contribution in [1.29, 1.82) is 0 Å². The number of aliphatic carboxylic acids is 1. The molecular weight excluding hydrogens is 586 g/mol. The van der Waals surface area contributed by atoms with E-state index in [1.807, 2.05) is 38.1 Å². The number of urea groups is 1. The molecule has 0 saturated heterocycles. The Bertz CT molecular complexity index is 1640. The molecule has 3 aromatic carbocycles. The average molecular weight is 626 g/mol. The summed E-state index contributed by atoms with van der Waals surface area (Å²) in [5.74, 6) is -0.301. The predicted molar refractivity (Wildman–Crippen MR) is 174 cm³/mol. The topological polar surface area (TPSA) is 158 Å². The molecule has 0 aliphatic heterocycles. The van der Waals surface area contributed by atoms with E-state index in [1.54, 1.807) is 41.3 Å². The molecule has 0 radical (unpaired) electrons. The van der Waals surface area contributed by atoms with Gasteiger partial charge in [-0.25, -0.2) is 9.59 Å². The molecule has 4 aromatic rings. The third-order valence-electron chi connectivity index (χ3n) is 8.14. The number of hydrogen-bond donors (Lipinski definition) is 4. The second-order valence-corrected chi connectivity index (χ2v) is 11.9. The van der Waals surface area contributed by atoms with E-state index in [4.69, 9.17) is 9.63 Å². The van der Waals surface area contributed by atoms with Crippen molar-refractivity contribution in [1.82, 2.24) is 15.5 Å². The van der Waals surface area contributed by atoms with E-state index in [0.29, 0.717) is 34.4 Å². The molecule has 1 saturated carbocycles. The molecule has 11 heteroatoms. The van der Waals surface area contributed by atoms with Crippen LogP contribution in [0.15, 0.2) is 77.3 Å². The van der Waals surface area contributed by atoms with Crippen LogP contribution < -0.4 is 15.5 Å². The molecule has 46 heavy (non-hydrogen) atoms. The smallest absolute Gasteiger partial charge is 0.334 e. The monoisotopic (exact) mass is 625 g/mol. The van der Waals surface area contributed by atoms with Crippen molar-refractivity contribution in [2.24, 2.45) is 0 Å². The lowest BCUT2D eigenvalue weighted by Gasteiger charge is -2.26. The van der Waals surface area contributed by atoms with Gasteiger partial charge in [-0.2, -0.15) is 4.98 Å². The van der Waals surface area contributed by atoms with Crippen LogP contribution in [0.5, 0.6) is 0 Å². The quantitative estimate of drug-likeness (QED) is 0.151. The van der Waals surface area contributed by atoms with E-state index in [2.05, 4.69) is 32.9 Å². The molecule has 3 amide bonds. The van der Waals surface area contributed by atoms with Gasteiger partial charge in [-0.1, -0.05) is 68.6 Å². The van der Waals surface area contributed by atoms with Gasteiger partial charge < -0.3 is 25.4 Å². The SMILES string of the molecule is CC(C)c1noc(-c2cccc(NC(=O)N(Cc3ccc(C(=O)NC[C@@H](O)C(=O)O)cc3)c3ccc(C4CCCCC4)cc3)c2)n1. The Labute approximate surface area is 267 Å². The van der Waals surface area contributed by atoms with Crippen LogP contribution in [0, 0.1) is 0 Å². The van der Waals surface area contributed by atoms with Crippen molar-refractivity contribution in [3.8, 4) is 11.5 Å². The lowest BCUT2D eigenvalue weighted by molar-refractivity contribution is -0.146. The van der Waals surface area contributed by atoms with Crippen molar-refractivity contribution in [2.75, 3.05) is 16.8 Å². The Morgan fingerprint density at radius 2 is 1.70 bits per heavy atom. The second-order valence-electron chi connectivity index (χ2n) is 11.9. The van der Waals surface area contributed by atoms with Gasteiger partial charge in [-0.05, 0) is 72.4 Å². The van der Waals surface area contributed by atoms with Gasteiger partial charge in [0.1, 0.15) is 0 Å². The third kappa shape index (κ3) is 8.16. The third-order valence-corrected chi connectivity index (χ3v) is 8.14. The first kappa shape index (κ1) is 32.4. The molecule has 1 fully saturated rings. The highest BCUT2D eigenvalue weighted by atomic mass is 16.5. The second kappa shape index (κ2) is 14.8. The zero-order chi connectivity index (χ0) is 32.6. The summed E-state index contributed by atoms with van der Waals surface area (Å²) >= 11 is 0. The summed E-state index contributed by atoms with van der Waals surface area (Å²) in [5, 5.41) is 27.7. The van der Waals surface area contributed by atoms with Crippen LogP contribution >= 0.6 is 0 Å². The van der Waals surface area contributed by atoms with Crippen LogP contribution in [0.1, 0.15) is 85.1 Å². The summed E-state index contributed by atoms with van der Waals surface area (Å²) in [6.45, 7) is 3.78. The van der Waals surface area contributed by atoms with E-state index in [1.165, 1.54) is 37.7 Å². The summed E-state index contributed by atoms with van der Waals surface area (Å²) in [6.07, 6.45) is 4.40. The minimum absolute atomic E-state index is 0.117. The van der Waals surface area contributed by atoms with Crippen molar-refractivity contribution in [3.63, 3.8) is 0 Å². The van der Waals surface area contributed by atoms with Gasteiger partial charge >= 0.3 is 12.0 Å². The molecule has 1 heterocycles. The standard InChI is InChI=1S/C35H39N5O6/c1-22(2)31-38-33(46-39-31)27-9-6-10-28(19-27)37-35(45)40(29-17-15-25(16-18-29)24-7-4-3-5-8-24)21-23-11-13-26(14-12-23)32(42)36-20-30(41)34(43)44/h6,9-19,22,24,30,41H,3-5,7-8,20-21H2,1-2H3,(H,36,42)(H,37,45)(H,43,44)/t30-/m1/s1. The summed E-state index contributed by atoms with van der Waals surface area (Å²) in [6, 6.07) is 21.7. The molecule has 0 unspecified atom stereocenters. The van der Waals surface area contributed by atoms with E-state index < -0.39 is 24.5 Å². The van der Waals surface area contributed by atoms with Gasteiger partial charge in [0.05, 0.1) is 13.1 Å². The highest BCUT2D eigenvalue weighted by Crippen LogP contribution is 2.34. The number of carboxylic acid groups (broad SMARTS) is 1. The molecule has 4 N–H and O–H groups in total. The average Bonchev–Trinajstić information content (AvgIpc) is 3.58. The number of carboxylic acids is 1. The predicted octanol–water partition coefficient (Wildman–Crippen LogP) is 6.32. The fourth-order valence-corrected chi connectivity index (χ4v) is 5.47. The Morgan fingerprint density at radius 3 is 2.35 bits per heavy atom. The van der Waals surface area contributed by atoms with E-state index in [9.17, 15) is 19.5 Å². The first-order valence-electron chi connectivity index (χ1n) is 15.6. The number of aromatic nitrogens is 2. The molecule has 0 bridgehead atoms. The zero-order valence-electron chi connectivity index (χ0n) is 26.0. The normalized spacial score (nSPS) is 14.1. The first-order chi connectivity index (χ1) is 22.2. The zero-order valence-corrected chi connectivity index (χ0v) is 26.0. The number of carbonyl (C=O) groups is 3. The number of hydrogen-bond acceptors (Lipinski definition) is 7. The summed E-state index contributed by atoms with van der Waals surface area (Å²) in [7, 11) is 0. The van der Waals surface area contributed by atoms with Crippen LogP contribution in [0.25, 0.3) is 11.5 Å². The van der Waals surface area contributed by atoms with E-state index in [0.717, 1.165) is 11.3 Å². The van der Waals surface area contributed by atoms with Crippen LogP contribution in [0.4, 0.5) is 16.2 Å². The van der Waals surface area contributed by atoms with Crippen LogP contribution in [-0.4, -0.2) is 50.9 Å². The van der Waals surface area contributed by atoms with Gasteiger partial charge in [0.2, 0.25) is 0 Å². The molecule has 1 aliphatic carbocycles. The molecule has 11 nitrogen and oxygen atoms in total. The molecular formula is C35H39N5O6.